The topological polar surface area (TPSA) is 18.5 Å². The summed E-state index contributed by atoms with van der Waals surface area (Å²) in [7, 11) is 1.69. The average molecular weight is 262 g/mol. The molecule has 0 atom stereocenters. The Kier molecular flexibility index (Phi) is 6.26. The lowest BCUT2D eigenvalue weighted by atomic mass is 9.96. The van der Waals surface area contributed by atoms with Gasteiger partial charge in [-0.3, -0.25) is 0 Å². The van der Waals surface area contributed by atoms with Crippen molar-refractivity contribution >= 4 is 6.08 Å². The molecule has 0 aliphatic carbocycles. The number of allylic oxidation sites excluding steroid dienone is 1. The normalized spacial score (nSPS) is 12.5. The van der Waals surface area contributed by atoms with E-state index in [0.29, 0.717) is 19.1 Å². The molecule has 2 nitrogen and oxygen atoms in total. The number of hydrogen-bond donors (Lipinski definition) is 0. The third-order valence-electron chi connectivity index (χ3n) is 3.03. The third kappa shape index (κ3) is 5.58. The van der Waals surface area contributed by atoms with Crippen LogP contribution in [0.15, 0.2) is 30.3 Å². The van der Waals surface area contributed by atoms with Gasteiger partial charge in [-0.05, 0) is 30.9 Å². The summed E-state index contributed by atoms with van der Waals surface area (Å²) >= 11 is 0. The molecule has 1 aromatic carbocycles. The highest BCUT2D eigenvalue weighted by molar-refractivity contribution is 5.50. The van der Waals surface area contributed by atoms with E-state index in [1.807, 2.05) is 0 Å². The smallest absolute Gasteiger partial charge is 0.0876 e. The van der Waals surface area contributed by atoms with Crippen LogP contribution in [0, 0.1) is 5.92 Å². The van der Waals surface area contributed by atoms with Crippen molar-refractivity contribution in [2.45, 2.75) is 33.3 Å². The fraction of sp³-hybridized carbons (Fsp3) is 0.529. The SMILES string of the molecule is COCCOC(C)(C)c1ccc(/C=C/C(C)C)cc1. The van der Waals surface area contributed by atoms with E-state index in [0.717, 1.165) is 0 Å². The monoisotopic (exact) mass is 262 g/mol. The minimum Gasteiger partial charge on any atom is -0.382 e. The van der Waals surface area contributed by atoms with Crippen LogP contribution in [0.1, 0.15) is 38.8 Å². The zero-order chi connectivity index (χ0) is 14.3. The second kappa shape index (κ2) is 7.46. The second-order valence-electron chi connectivity index (χ2n) is 5.58. The van der Waals surface area contributed by atoms with Crippen molar-refractivity contribution in [1.82, 2.24) is 0 Å². The van der Waals surface area contributed by atoms with Gasteiger partial charge < -0.3 is 9.47 Å². The summed E-state index contributed by atoms with van der Waals surface area (Å²) in [5, 5.41) is 0. The first kappa shape index (κ1) is 15.9. The van der Waals surface area contributed by atoms with Crippen LogP contribution in [-0.2, 0) is 15.1 Å². The van der Waals surface area contributed by atoms with Crippen molar-refractivity contribution in [1.29, 1.82) is 0 Å². The quantitative estimate of drug-likeness (QED) is 0.684. The molecule has 0 heterocycles. The van der Waals surface area contributed by atoms with Crippen molar-refractivity contribution in [2.75, 3.05) is 20.3 Å². The van der Waals surface area contributed by atoms with Gasteiger partial charge in [0.25, 0.3) is 0 Å². The number of hydrogen-bond acceptors (Lipinski definition) is 2. The van der Waals surface area contributed by atoms with Crippen LogP contribution in [-0.4, -0.2) is 20.3 Å². The number of benzene rings is 1. The highest BCUT2D eigenvalue weighted by Gasteiger charge is 2.20. The highest BCUT2D eigenvalue weighted by atomic mass is 16.5. The predicted octanol–water partition coefficient (Wildman–Crippen LogP) is 4.25. The van der Waals surface area contributed by atoms with Crippen LogP contribution in [0.5, 0.6) is 0 Å². The van der Waals surface area contributed by atoms with Gasteiger partial charge in [0.05, 0.1) is 18.8 Å². The Morgan fingerprint density at radius 3 is 2.26 bits per heavy atom. The maximum absolute atomic E-state index is 5.85. The first-order valence-corrected chi connectivity index (χ1v) is 6.87. The van der Waals surface area contributed by atoms with Gasteiger partial charge in [-0.15, -0.1) is 0 Å². The predicted molar refractivity (Wildman–Crippen MR) is 81.2 cm³/mol. The molecule has 0 aromatic heterocycles. The Labute approximate surface area is 117 Å². The molecule has 0 fully saturated rings. The maximum Gasteiger partial charge on any atom is 0.0876 e. The molecular weight excluding hydrogens is 236 g/mol. The average Bonchev–Trinajstić information content (AvgIpc) is 2.37. The molecule has 2 heteroatoms. The second-order valence-corrected chi connectivity index (χ2v) is 5.58. The minimum absolute atomic E-state index is 0.279. The standard InChI is InChI=1S/C17H26O2/c1-14(2)6-7-15-8-10-16(11-9-15)17(3,4)19-13-12-18-5/h6-11,14H,12-13H2,1-5H3/b7-6+. The van der Waals surface area contributed by atoms with Gasteiger partial charge in [0.15, 0.2) is 0 Å². The highest BCUT2D eigenvalue weighted by Crippen LogP contribution is 2.25. The summed E-state index contributed by atoms with van der Waals surface area (Å²) in [4.78, 5) is 0. The Hall–Kier alpha value is -1.12. The van der Waals surface area contributed by atoms with Crippen molar-refractivity contribution in [3.8, 4) is 0 Å². The molecule has 0 spiro atoms. The lowest BCUT2D eigenvalue weighted by Gasteiger charge is -2.26. The molecule has 0 amide bonds. The summed E-state index contributed by atoms with van der Waals surface area (Å²) < 4.78 is 10.9. The molecule has 0 saturated heterocycles. The number of rotatable bonds is 7. The molecule has 0 N–H and O–H groups in total. The van der Waals surface area contributed by atoms with Crippen LogP contribution in [0.3, 0.4) is 0 Å². The number of ether oxygens (including phenoxy) is 2. The Balaban J connectivity index is 2.69. The maximum atomic E-state index is 5.85. The van der Waals surface area contributed by atoms with E-state index in [-0.39, 0.29) is 5.60 Å². The Morgan fingerprint density at radius 1 is 1.11 bits per heavy atom. The van der Waals surface area contributed by atoms with Crippen molar-refractivity contribution in [3.05, 3.63) is 41.5 Å². The molecule has 19 heavy (non-hydrogen) atoms. The fourth-order valence-corrected chi connectivity index (χ4v) is 1.76. The van der Waals surface area contributed by atoms with Crippen LogP contribution in [0.4, 0.5) is 0 Å². The van der Waals surface area contributed by atoms with Crippen molar-refractivity contribution in [2.24, 2.45) is 5.92 Å². The van der Waals surface area contributed by atoms with Gasteiger partial charge in [-0.1, -0.05) is 50.3 Å². The van der Waals surface area contributed by atoms with Gasteiger partial charge in [-0.25, -0.2) is 0 Å². The van der Waals surface area contributed by atoms with E-state index in [1.165, 1.54) is 11.1 Å². The molecule has 0 bridgehead atoms. The zero-order valence-corrected chi connectivity index (χ0v) is 12.8. The fourth-order valence-electron chi connectivity index (χ4n) is 1.76. The van der Waals surface area contributed by atoms with E-state index in [2.05, 4.69) is 64.1 Å². The summed E-state index contributed by atoms with van der Waals surface area (Å²) in [6, 6.07) is 8.53. The lowest BCUT2D eigenvalue weighted by molar-refractivity contribution is -0.0431. The van der Waals surface area contributed by atoms with Crippen molar-refractivity contribution in [3.63, 3.8) is 0 Å². The summed E-state index contributed by atoms with van der Waals surface area (Å²) in [6.45, 7) is 9.76. The van der Waals surface area contributed by atoms with Crippen molar-refractivity contribution < 1.29 is 9.47 Å². The van der Waals surface area contributed by atoms with Gasteiger partial charge in [-0.2, -0.15) is 0 Å². The van der Waals surface area contributed by atoms with E-state index in [4.69, 9.17) is 9.47 Å². The van der Waals surface area contributed by atoms with Gasteiger partial charge in [0, 0.05) is 7.11 Å². The molecule has 106 valence electrons. The summed E-state index contributed by atoms with van der Waals surface area (Å²) in [6.07, 6.45) is 4.36. The van der Waals surface area contributed by atoms with Crippen LogP contribution in [0.2, 0.25) is 0 Å². The molecule has 0 aliphatic heterocycles. The van der Waals surface area contributed by atoms with E-state index in [9.17, 15) is 0 Å². The van der Waals surface area contributed by atoms with E-state index < -0.39 is 0 Å². The molecule has 0 unspecified atom stereocenters. The Bertz CT molecular complexity index is 388. The van der Waals surface area contributed by atoms with Gasteiger partial charge >= 0.3 is 0 Å². The minimum atomic E-state index is -0.279. The molecule has 0 aliphatic rings. The Morgan fingerprint density at radius 2 is 1.74 bits per heavy atom. The van der Waals surface area contributed by atoms with E-state index >= 15 is 0 Å². The zero-order valence-electron chi connectivity index (χ0n) is 12.8. The first-order chi connectivity index (χ1) is 8.95. The van der Waals surface area contributed by atoms with E-state index in [1.54, 1.807) is 7.11 Å². The van der Waals surface area contributed by atoms with Crippen LogP contribution >= 0.6 is 0 Å². The van der Waals surface area contributed by atoms with Crippen LogP contribution in [0.25, 0.3) is 6.08 Å². The molecule has 1 aromatic rings. The van der Waals surface area contributed by atoms with Gasteiger partial charge in [0.2, 0.25) is 0 Å². The van der Waals surface area contributed by atoms with Crippen LogP contribution < -0.4 is 0 Å². The largest absolute Gasteiger partial charge is 0.382 e. The molecule has 0 radical (unpaired) electrons. The first-order valence-electron chi connectivity index (χ1n) is 6.87. The number of methoxy groups -OCH3 is 1. The summed E-state index contributed by atoms with van der Waals surface area (Å²) in [5.74, 6) is 0.577. The van der Waals surface area contributed by atoms with Gasteiger partial charge in [0.1, 0.15) is 0 Å². The molecule has 1 rings (SSSR count). The molecule has 0 saturated carbocycles. The summed E-state index contributed by atoms with van der Waals surface area (Å²) in [5.41, 5.74) is 2.13. The molecular formula is C17H26O2. The lowest BCUT2D eigenvalue weighted by Crippen LogP contribution is -2.23. The third-order valence-corrected chi connectivity index (χ3v) is 3.03.